The smallest absolute Gasteiger partial charge is 0.143 e. The average Bonchev–Trinajstić information content (AvgIpc) is 2.44. The predicted molar refractivity (Wildman–Crippen MR) is 93.9 cm³/mol. The quantitative estimate of drug-likeness (QED) is 0.668. The summed E-state index contributed by atoms with van der Waals surface area (Å²) in [5.74, 6) is 0.784. The Labute approximate surface area is 143 Å². The van der Waals surface area contributed by atoms with Gasteiger partial charge in [-0.1, -0.05) is 51.3 Å². The largest absolute Gasteiger partial charge is 0.495 e. The summed E-state index contributed by atoms with van der Waals surface area (Å²) in [6.07, 6.45) is 0. The normalized spacial score (nSPS) is 12.1. The lowest BCUT2D eigenvalue weighted by atomic mass is 10.1. The van der Waals surface area contributed by atoms with Crippen molar-refractivity contribution >= 4 is 44.8 Å². The van der Waals surface area contributed by atoms with Gasteiger partial charge in [0.25, 0.3) is 0 Å². The molecule has 0 aromatic heterocycles. The number of nitrogens with one attached hydrogen (secondary N) is 1. The van der Waals surface area contributed by atoms with Crippen LogP contribution in [0, 0.1) is 6.92 Å². The van der Waals surface area contributed by atoms with Crippen molar-refractivity contribution in [3.63, 3.8) is 0 Å². The highest BCUT2D eigenvalue weighted by molar-refractivity contribution is 9.10. The first-order chi connectivity index (χ1) is 9.93. The van der Waals surface area contributed by atoms with Crippen molar-refractivity contribution in [2.75, 3.05) is 12.4 Å². The first-order valence-electron chi connectivity index (χ1n) is 6.48. The minimum Gasteiger partial charge on any atom is -0.495 e. The van der Waals surface area contributed by atoms with Crippen molar-refractivity contribution in [2.45, 2.75) is 19.9 Å². The third-order valence-electron chi connectivity index (χ3n) is 3.29. The molecule has 2 rings (SSSR count). The molecule has 5 heteroatoms. The second-order valence-electron chi connectivity index (χ2n) is 4.81. The SMILES string of the molecule is COc1cc(Br)cc(C)c1NC(C)c1cccc(Cl)c1Cl. The molecule has 0 bridgehead atoms. The highest BCUT2D eigenvalue weighted by Gasteiger charge is 2.15. The maximum Gasteiger partial charge on any atom is 0.143 e. The maximum absolute atomic E-state index is 6.28. The molecule has 0 aliphatic rings. The third kappa shape index (κ3) is 3.65. The number of rotatable bonds is 4. The molecule has 0 radical (unpaired) electrons. The molecule has 0 fully saturated rings. The van der Waals surface area contributed by atoms with Crippen LogP contribution in [0.3, 0.4) is 0 Å². The molecule has 0 heterocycles. The second kappa shape index (κ2) is 6.91. The Morgan fingerprint density at radius 1 is 1.24 bits per heavy atom. The number of methoxy groups -OCH3 is 1. The van der Waals surface area contributed by atoms with Gasteiger partial charge in [0.2, 0.25) is 0 Å². The van der Waals surface area contributed by atoms with E-state index in [-0.39, 0.29) is 6.04 Å². The molecule has 21 heavy (non-hydrogen) atoms. The summed E-state index contributed by atoms with van der Waals surface area (Å²) in [5, 5.41) is 4.59. The Morgan fingerprint density at radius 2 is 1.95 bits per heavy atom. The van der Waals surface area contributed by atoms with Gasteiger partial charge in [-0.15, -0.1) is 0 Å². The molecule has 0 saturated heterocycles. The van der Waals surface area contributed by atoms with Crippen LogP contribution < -0.4 is 10.1 Å². The molecule has 0 saturated carbocycles. The van der Waals surface area contributed by atoms with Crippen LogP contribution in [-0.4, -0.2) is 7.11 Å². The van der Waals surface area contributed by atoms with E-state index < -0.39 is 0 Å². The van der Waals surface area contributed by atoms with E-state index >= 15 is 0 Å². The van der Waals surface area contributed by atoms with E-state index in [9.17, 15) is 0 Å². The van der Waals surface area contributed by atoms with Crippen molar-refractivity contribution in [3.8, 4) is 5.75 Å². The minimum absolute atomic E-state index is 0.00461. The van der Waals surface area contributed by atoms with Crippen LogP contribution in [0.4, 0.5) is 5.69 Å². The fourth-order valence-electron chi connectivity index (χ4n) is 2.21. The summed E-state index contributed by atoms with van der Waals surface area (Å²) in [7, 11) is 1.66. The minimum atomic E-state index is 0.00461. The van der Waals surface area contributed by atoms with Crippen LogP contribution in [0.25, 0.3) is 0 Å². The molecule has 0 aliphatic heterocycles. The number of hydrogen-bond acceptors (Lipinski definition) is 2. The summed E-state index contributed by atoms with van der Waals surface area (Å²) in [5.41, 5.74) is 2.99. The van der Waals surface area contributed by atoms with Crippen LogP contribution in [0.1, 0.15) is 24.1 Å². The van der Waals surface area contributed by atoms with Crippen LogP contribution in [-0.2, 0) is 0 Å². The molecule has 112 valence electrons. The standard InChI is InChI=1S/C16H16BrCl2NO/c1-9-7-11(17)8-14(21-3)16(9)20-10(2)12-5-4-6-13(18)15(12)19/h4-8,10,20H,1-3H3. The van der Waals surface area contributed by atoms with Gasteiger partial charge in [0.1, 0.15) is 5.75 Å². The number of halogens is 3. The van der Waals surface area contributed by atoms with Crippen molar-refractivity contribution < 1.29 is 4.74 Å². The molecular weight excluding hydrogens is 373 g/mol. The lowest BCUT2D eigenvalue weighted by molar-refractivity contribution is 0.415. The van der Waals surface area contributed by atoms with Crippen LogP contribution >= 0.6 is 39.1 Å². The van der Waals surface area contributed by atoms with Gasteiger partial charge in [0, 0.05) is 4.47 Å². The summed E-state index contributed by atoms with van der Waals surface area (Å²) < 4.78 is 6.43. The molecular formula is C16H16BrCl2NO. The maximum atomic E-state index is 6.28. The predicted octanol–water partition coefficient (Wildman–Crippen LogP) is 6.25. The zero-order chi connectivity index (χ0) is 15.6. The van der Waals surface area contributed by atoms with Gasteiger partial charge < -0.3 is 10.1 Å². The number of anilines is 1. The molecule has 0 amide bonds. The first-order valence-corrected chi connectivity index (χ1v) is 8.03. The average molecular weight is 389 g/mol. The Bertz CT molecular complexity index is 661. The number of aryl methyl sites for hydroxylation is 1. The monoisotopic (exact) mass is 387 g/mol. The number of benzene rings is 2. The Balaban J connectivity index is 2.36. The highest BCUT2D eigenvalue weighted by Crippen LogP contribution is 2.37. The van der Waals surface area contributed by atoms with E-state index in [1.54, 1.807) is 13.2 Å². The summed E-state index contributed by atoms with van der Waals surface area (Å²) in [4.78, 5) is 0. The molecule has 2 nitrogen and oxygen atoms in total. The summed E-state index contributed by atoms with van der Waals surface area (Å²) in [6, 6.07) is 9.62. The van der Waals surface area contributed by atoms with Crippen LogP contribution in [0.2, 0.25) is 10.0 Å². The van der Waals surface area contributed by atoms with Crippen molar-refractivity contribution in [1.29, 1.82) is 0 Å². The van der Waals surface area contributed by atoms with E-state index in [0.29, 0.717) is 10.0 Å². The van der Waals surface area contributed by atoms with E-state index in [1.807, 2.05) is 38.1 Å². The van der Waals surface area contributed by atoms with Crippen LogP contribution in [0.15, 0.2) is 34.8 Å². The number of ether oxygens (including phenoxy) is 1. The number of hydrogen-bond donors (Lipinski definition) is 1. The van der Waals surface area contributed by atoms with Gasteiger partial charge in [0.05, 0.1) is 28.9 Å². The molecule has 1 N–H and O–H groups in total. The van der Waals surface area contributed by atoms with Gasteiger partial charge in [-0.25, -0.2) is 0 Å². The van der Waals surface area contributed by atoms with E-state index in [0.717, 1.165) is 27.0 Å². The van der Waals surface area contributed by atoms with Gasteiger partial charge >= 0.3 is 0 Å². The lowest BCUT2D eigenvalue weighted by Crippen LogP contribution is -2.09. The van der Waals surface area contributed by atoms with Gasteiger partial charge in [-0.3, -0.25) is 0 Å². The fraction of sp³-hybridized carbons (Fsp3) is 0.250. The molecule has 0 aliphatic carbocycles. The van der Waals surface area contributed by atoms with Gasteiger partial charge in [0.15, 0.2) is 0 Å². The molecule has 0 spiro atoms. The summed E-state index contributed by atoms with van der Waals surface area (Å²) in [6.45, 7) is 4.07. The van der Waals surface area contributed by atoms with E-state index in [1.165, 1.54) is 0 Å². The zero-order valence-electron chi connectivity index (χ0n) is 12.0. The molecule has 2 aromatic rings. The van der Waals surface area contributed by atoms with Crippen LogP contribution in [0.5, 0.6) is 5.75 Å². The van der Waals surface area contributed by atoms with Crippen molar-refractivity contribution in [3.05, 3.63) is 56.0 Å². The molecule has 2 aromatic carbocycles. The summed E-state index contributed by atoms with van der Waals surface area (Å²) >= 11 is 15.8. The van der Waals surface area contributed by atoms with Gasteiger partial charge in [-0.2, -0.15) is 0 Å². The molecule has 1 atom stereocenters. The fourth-order valence-corrected chi connectivity index (χ4v) is 3.23. The second-order valence-corrected chi connectivity index (χ2v) is 6.51. The van der Waals surface area contributed by atoms with Gasteiger partial charge in [-0.05, 0) is 43.2 Å². The lowest BCUT2D eigenvalue weighted by Gasteiger charge is -2.21. The third-order valence-corrected chi connectivity index (χ3v) is 4.58. The van der Waals surface area contributed by atoms with Crippen molar-refractivity contribution in [1.82, 2.24) is 0 Å². The topological polar surface area (TPSA) is 21.3 Å². The first kappa shape index (κ1) is 16.5. The van der Waals surface area contributed by atoms with Crippen molar-refractivity contribution in [2.24, 2.45) is 0 Å². The Kier molecular flexibility index (Phi) is 5.42. The van der Waals surface area contributed by atoms with E-state index in [4.69, 9.17) is 27.9 Å². The zero-order valence-corrected chi connectivity index (χ0v) is 15.1. The molecule has 1 unspecified atom stereocenters. The Hall–Kier alpha value is -0.900. The van der Waals surface area contributed by atoms with E-state index in [2.05, 4.69) is 21.2 Å². The Morgan fingerprint density at radius 3 is 2.62 bits per heavy atom. The highest BCUT2D eigenvalue weighted by atomic mass is 79.9.